The Balaban J connectivity index is 1.07. The van der Waals surface area contributed by atoms with Gasteiger partial charge in [-0.2, -0.15) is 0 Å². The van der Waals surface area contributed by atoms with E-state index >= 15 is 0 Å². The third-order valence-electron chi connectivity index (χ3n) is 18.1. The maximum atomic E-state index is 12.8. The summed E-state index contributed by atoms with van der Waals surface area (Å²) < 4.78 is 30.4. The second-order valence-corrected chi connectivity index (χ2v) is 23.3. The number of esters is 1. The van der Waals surface area contributed by atoms with Crippen molar-refractivity contribution >= 4 is 15.8 Å². The minimum absolute atomic E-state index is 0.00728. The minimum Gasteiger partial charge on any atom is -0.465 e. The fourth-order valence-corrected chi connectivity index (χ4v) is 16.9. The zero-order chi connectivity index (χ0) is 38.7. The third kappa shape index (κ3) is 6.66. The molecular weight excluding hydrogens is 689 g/mol. The van der Waals surface area contributed by atoms with Crippen molar-refractivity contribution in [3.05, 3.63) is 35.5 Å². The quantitative estimate of drug-likeness (QED) is 0.117. The van der Waals surface area contributed by atoms with Crippen molar-refractivity contribution in [3.8, 4) is 0 Å². The van der Waals surface area contributed by atoms with Crippen LogP contribution in [0, 0.1) is 57.2 Å². The van der Waals surface area contributed by atoms with Crippen LogP contribution in [0.5, 0.6) is 0 Å². The van der Waals surface area contributed by atoms with Crippen molar-refractivity contribution in [2.45, 2.75) is 162 Å². The van der Waals surface area contributed by atoms with Crippen molar-refractivity contribution in [3.63, 3.8) is 0 Å². The second-order valence-electron chi connectivity index (χ2n) is 20.9. The zero-order valence-corrected chi connectivity index (χ0v) is 36.1. The predicted octanol–water partition coefficient (Wildman–Crippen LogP) is 9.76. The van der Waals surface area contributed by atoms with Crippen LogP contribution in [0.4, 0.5) is 0 Å². The van der Waals surface area contributed by atoms with Crippen molar-refractivity contribution in [1.82, 2.24) is 10.6 Å². The number of carbonyl (C=O) groups is 1. The Kier molecular flexibility index (Phi) is 11.4. The molecule has 0 aromatic carbocycles. The van der Waals surface area contributed by atoms with Crippen LogP contribution in [0.1, 0.15) is 151 Å². The molecule has 4 saturated carbocycles. The van der Waals surface area contributed by atoms with Gasteiger partial charge in [0.1, 0.15) is 0 Å². The van der Waals surface area contributed by atoms with E-state index in [0.29, 0.717) is 59.3 Å². The molecule has 7 rings (SSSR count). The highest BCUT2D eigenvalue weighted by atomic mass is 32.2. The molecule has 0 bridgehead atoms. The van der Waals surface area contributed by atoms with E-state index in [9.17, 15) is 13.2 Å². The summed E-state index contributed by atoms with van der Waals surface area (Å²) in [4.78, 5) is 12.8. The van der Waals surface area contributed by atoms with Gasteiger partial charge in [0, 0.05) is 25.2 Å². The summed E-state index contributed by atoms with van der Waals surface area (Å²) in [5.74, 6) is 3.64. The average molecular weight is 765 g/mol. The summed E-state index contributed by atoms with van der Waals surface area (Å²) in [5, 5.41) is 7.52. The van der Waals surface area contributed by atoms with Gasteiger partial charge in [-0.15, -0.1) is 0 Å². The summed E-state index contributed by atoms with van der Waals surface area (Å²) >= 11 is 0. The summed E-state index contributed by atoms with van der Waals surface area (Å²) in [7, 11) is -2.91. The van der Waals surface area contributed by atoms with Crippen LogP contribution >= 0.6 is 0 Å². The molecule has 0 amide bonds. The Hall–Kier alpha value is -1.44. The molecule has 0 aromatic rings. The first kappa shape index (κ1) is 40.7. The van der Waals surface area contributed by atoms with E-state index in [0.717, 1.165) is 58.0 Å². The number of carbonyl (C=O) groups excluding carboxylic acids is 1. The molecule has 0 unspecified atom stereocenters. The van der Waals surface area contributed by atoms with Gasteiger partial charge in [-0.1, -0.05) is 72.3 Å². The van der Waals surface area contributed by atoms with Gasteiger partial charge in [0.2, 0.25) is 0 Å². The Morgan fingerprint density at radius 2 is 1.72 bits per heavy atom. The van der Waals surface area contributed by atoms with Gasteiger partial charge in [-0.25, -0.2) is 8.42 Å². The lowest BCUT2D eigenvalue weighted by molar-refractivity contribution is -0.221. The number of unbranched alkanes of at least 4 members (excludes halogenated alkanes) is 1. The molecule has 1 aliphatic heterocycles. The lowest BCUT2D eigenvalue weighted by Gasteiger charge is -2.72. The highest BCUT2D eigenvalue weighted by Gasteiger charge is 2.70. The Bertz CT molecular complexity index is 1610. The number of ether oxygens (including phenoxy) is 1. The molecule has 6 nitrogen and oxygen atoms in total. The average Bonchev–Trinajstić information content (AvgIpc) is 3.67. The number of fused-ring (bicyclic) bond motifs is 7. The van der Waals surface area contributed by atoms with E-state index in [-0.39, 0.29) is 33.5 Å². The molecule has 5 fully saturated rings. The van der Waals surface area contributed by atoms with Crippen LogP contribution in [0.3, 0.4) is 0 Å². The van der Waals surface area contributed by atoms with E-state index in [1.54, 1.807) is 5.57 Å². The zero-order valence-electron chi connectivity index (χ0n) is 35.3. The molecule has 0 spiro atoms. The summed E-state index contributed by atoms with van der Waals surface area (Å²) in [6.45, 7) is 25.2. The van der Waals surface area contributed by atoms with E-state index < -0.39 is 9.84 Å². The number of allylic oxidation sites excluding steroid dienone is 5. The molecule has 0 radical (unpaired) electrons. The standard InChI is InChI=1S/C47H76N2O4S/c1-9-10-29-53-42(50)34-15-13-33(14-16-34)37-20-22-44(6)39(43(37,4)5)21-23-46(8)40(44)18-17-38-41-36(32(2)3)19-24-47(41,26-25-45(38,46)7)49-28-27-48-31-35-12-11-30-54(35,51)52/h13,20,34-36,38-41,48-49H,2,9-12,14-19,21-31H2,1,3-8H3/t34-,35-,36-,38+,39-,40+,41+,44-,45+,46+,47-/m0/s1. The maximum absolute atomic E-state index is 12.8. The van der Waals surface area contributed by atoms with Crippen molar-refractivity contribution < 1.29 is 17.9 Å². The first-order chi connectivity index (χ1) is 25.5. The molecule has 1 heterocycles. The van der Waals surface area contributed by atoms with Crippen LogP contribution in [0.2, 0.25) is 0 Å². The smallest absolute Gasteiger partial charge is 0.309 e. The molecule has 0 aromatic heterocycles. The van der Waals surface area contributed by atoms with Gasteiger partial charge in [0.15, 0.2) is 9.84 Å². The normalized spacial score (nSPS) is 43.5. The second kappa shape index (κ2) is 15.1. The van der Waals surface area contributed by atoms with Crippen molar-refractivity contribution in [2.24, 2.45) is 57.2 Å². The lowest BCUT2D eigenvalue weighted by atomic mass is 9.33. The minimum atomic E-state index is -2.91. The Morgan fingerprint density at radius 1 is 0.926 bits per heavy atom. The molecule has 7 aliphatic rings. The largest absolute Gasteiger partial charge is 0.465 e. The van der Waals surface area contributed by atoms with E-state index in [4.69, 9.17) is 4.74 Å². The van der Waals surface area contributed by atoms with Gasteiger partial charge in [-0.05, 0) is 166 Å². The fraction of sp³-hybridized carbons (Fsp3) is 0.851. The van der Waals surface area contributed by atoms with Crippen LogP contribution in [-0.2, 0) is 19.4 Å². The van der Waals surface area contributed by atoms with E-state index in [1.807, 2.05) is 0 Å². The van der Waals surface area contributed by atoms with Crippen molar-refractivity contribution in [1.29, 1.82) is 0 Å². The number of nitrogens with one attached hydrogen (secondary N) is 2. The van der Waals surface area contributed by atoms with Crippen LogP contribution in [-0.4, -0.2) is 57.2 Å². The third-order valence-corrected chi connectivity index (χ3v) is 20.4. The van der Waals surface area contributed by atoms with Crippen LogP contribution < -0.4 is 10.6 Å². The van der Waals surface area contributed by atoms with Crippen LogP contribution in [0.25, 0.3) is 0 Å². The highest BCUT2D eigenvalue weighted by molar-refractivity contribution is 7.92. The fourth-order valence-electron chi connectivity index (χ4n) is 15.1. The summed E-state index contributed by atoms with van der Waals surface area (Å²) in [6, 6.07) is 0. The lowest BCUT2D eigenvalue weighted by Crippen LogP contribution is -2.68. The van der Waals surface area contributed by atoms with Gasteiger partial charge in [-0.3, -0.25) is 4.79 Å². The van der Waals surface area contributed by atoms with Crippen molar-refractivity contribution in [2.75, 3.05) is 32.0 Å². The molecule has 304 valence electrons. The Labute approximate surface area is 329 Å². The molecule has 54 heavy (non-hydrogen) atoms. The monoisotopic (exact) mass is 765 g/mol. The predicted molar refractivity (Wildman–Crippen MR) is 222 cm³/mol. The summed E-state index contributed by atoms with van der Waals surface area (Å²) in [5.41, 5.74) is 5.62. The number of hydrogen-bond donors (Lipinski definition) is 2. The SMILES string of the molecule is C=C(C)[C@@H]1CC[C@]2(NCCNC[C@@H]3CCCS3(=O)=O)CC[C@]3(C)[C@H](CC[C@@H]4[C@@]5(C)CC=C(C6=CC[C@H](C(=O)OCCCC)CC6)C(C)(C)[C@@H]5CC[C@]43C)[C@@H]12. The van der Waals surface area contributed by atoms with Gasteiger partial charge < -0.3 is 15.4 Å². The first-order valence-corrected chi connectivity index (χ1v) is 24.1. The molecule has 1 saturated heterocycles. The number of sulfone groups is 1. The first-order valence-electron chi connectivity index (χ1n) is 22.4. The molecule has 6 aliphatic carbocycles. The molecule has 11 atom stereocenters. The maximum Gasteiger partial charge on any atom is 0.309 e. The van der Waals surface area contributed by atoms with E-state index in [2.05, 4.69) is 77.8 Å². The summed E-state index contributed by atoms with van der Waals surface area (Å²) in [6.07, 6.45) is 22.9. The number of rotatable bonds is 12. The number of hydrogen-bond acceptors (Lipinski definition) is 6. The molecule has 7 heteroatoms. The van der Waals surface area contributed by atoms with E-state index in [1.165, 1.54) is 68.9 Å². The van der Waals surface area contributed by atoms with Gasteiger partial charge in [0.25, 0.3) is 0 Å². The van der Waals surface area contributed by atoms with Gasteiger partial charge in [0.05, 0.1) is 23.5 Å². The topological polar surface area (TPSA) is 84.5 Å². The molecular formula is C47H76N2O4S. The Morgan fingerprint density at radius 3 is 2.41 bits per heavy atom. The van der Waals surface area contributed by atoms with Crippen LogP contribution in [0.15, 0.2) is 35.5 Å². The van der Waals surface area contributed by atoms with Gasteiger partial charge >= 0.3 is 5.97 Å². The molecule has 2 N–H and O–H groups in total. The highest BCUT2D eigenvalue weighted by Crippen LogP contribution is 2.76.